The van der Waals surface area contributed by atoms with E-state index >= 15 is 0 Å². The number of nitrogens with zero attached hydrogens (tertiary/aromatic N) is 3. The van der Waals surface area contributed by atoms with E-state index in [0.717, 1.165) is 11.5 Å². The summed E-state index contributed by atoms with van der Waals surface area (Å²) in [6, 6.07) is 20.4. The molecule has 5 rings (SSSR count). The van der Waals surface area contributed by atoms with E-state index in [4.69, 9.17) is 4.74 Å². The number of ether oxygens (including phenoxy) is 1. The maximum Gasteiger partial charge on any atom is 0.335 e. The minimum absolute atomic E-state index is 0.0327. The number of anilines is 1. The smallest absolute Gasteiger partial charge is 0.335 e. The second-order valence-electron chi connectivity index (χ2n) is 8.65. The monoisotopic (exact) mass is 538 g/mol. The van der Waals surface area contributed by atoms with Crippen molar-refractivity contribution in [2.24, 2.45) is 0 Å². The molecule has 0 saturated carbocycles. The molecule has 1 aliphatic rings. The highest BCUT2D eigenvalue weighted by Crippen LogP contribution is 2.33. The Bertz CT molecular complexity index is 1750. The third-order valence-corrected chi connectivity index (χ3v) is 6.16. The summed E-state index contributed by atoms with van der Waals surface area (Å²) >= 11 is 0. The van der Waals surface area contributed by atoms with Gasteiger partial charge in [-0.3, -0.25) is 35.1 Å². The van der Waals surface area contributed by atoms with Gasteiger partial charge in [0.05, 0.1) is 15.5 Å². The molecule has 1 heterocycles. The van der Waals surface area contributed by atoms with Gasteiger partial charge in [-0.25, -0.2) is 9.69 Å². The highest BCUT2D eigenvalue weighted by Gasteiger charge is 2.37. The molecule has 0 aromatic heterocycles. The van der Waals surface area contributed by atoms with Crippen LogP contribution >= 0.6 is 0 Å². The number of barbiturate groups is 1. The molecule has 12 heteroatoms. The van der Waals surface area contributed by atoms with Gasteiger partial charge >= 0.3 is 6.03 Å². The van der Waals surface area contributed by atoms with Crippen LogP contribution in [0.5, 0.6) is 5.75 Å². The van der Waals surface area contributed by atoms with Crippen molar-refractivity contribution in [2.75, 3.05) is 4.90 Å². The average Bonchev–Trinajstić information content (AvgIpc) is 2.94. The number of amides is 4. The summed E-state index contributed by atoms with van der Waals surface area (Å²) in [6.45, 7) is 0.0327. The fraction of sp³-hybridized carbons (Fsp3) is 0.0357. The molecule has 0 atom stereocenters. The molecule has 0 unspecified atom stereocenters. The van der Waals surface area contributed by atoms with E-state index in [9.17, 15) is 34.6 Å². The number of non-ortho nitro benzene ring substituents is 2. The van der Waals surface area contributed by atoms with Crippen molar-refractivity contribution in [3.05, 3.63) is 122 Å². The van der Waals surface area contributed by atoms with Crippen LogP contribution in [-0.4, -0.2) is 27.7 Å². The first-order chi connectivity index (χ1) is 19.2. The number of hydrogen-bond donors (Lipinski definition) is 1. The van der Waals surface area contributed by atoms with E-state index in [0.29, 0.717) is 27.2 Å². The molecule has 0 spiro atoms. The predicted molar refractivity (Wildman–Crippen MR) is 143 cm³/mol. The van der Waals surface area contributed by atoms with E-state index in [2.05, 4.69) is 5.32 Å². The fourth-order valence-corrected chi connectivity index (χ4v) is 4.21. The Hall–Kier alpha value is -5.91. The van der Waals surface area contributed by atoms with E-state index in [-0.39, 0.29) is 29.2 Å². The maximum atomic E-state index is 13.5. The van der Waals surface area contributed by atoms with Crippen molar-refractivity contribution in [3.63, 3.8) is 0 Å². The zero-order valence-corrected chi connectivity index (χ0v) is 20.5. The highest BCUT2D eigenvalue weighted by atomic mass is 16.6. The van der Waals surface area contributed by atoms with Crippen molar-refractivity contribution < 1.29 is 29.0 Å². The van der Waals surface area contributed by atoms with E-state index < -0.39 is 27.7 Å². The van der Waals surface area contributed by atoms with Crippen LogP contribution < -0.4 is 15.0 Å². The molecule has 40 heavy (non-hydrogen) atoms. The molecule has 12 nitrogen and oxygen atoms in total. The first-order valence-electron chi connectivity index (χ1n) is 11.8. The molecule has 1 fully saturated rings. The van der Waals surface area contributed by atoms with Crippen LogP contribution in [-0.2, 0) is 16.2 Å². The van der Waals surface area contributed by atoms with Gasteiger partial charge in [0.25, 0.3) is 23.2 Å². The number of nitro groups is 2. The number of urea groups is 1. The molecule has 4 aromatic rings. The SMILES string of the molecule is O=C1NC(=O)N(c2cccc([N+](=O)[O-])c2)C(=O)/C1=C/c1c(OCc2ccc([N+](=O)[O-])cc2)ccc2ccccc12. The van der Waals surface area contributed by atoms with Gasteiger partial charge in [-0.2, -0.15) is 0 Å². The van der Waals surface area contributed by atoms with Crippen LogP contribution in [0.1, 0.15) is 11.1 Å². The second-order valence-corrected chi connectivity index (χ2v) is 8.65. The Balaban J connectivity index is 1.55. The third-order valence-electron chi connectivity index (χ3n) is 6.16. The lowest BCUT2D eigenvalue weighted by atomic mass is 9.99. The summed E-state index contributed by atoms with van der Waals surface area (Å²) in [5.74, 6) is -1.60. The van der Waals surface area contributed by atoms with E-state index in [1.165, 1.54) is 36.4 Å². The molecule has 0 aliphatic carbocycles. The zero-order chi connectivity index (χ0) is 28.4. The van der Waals surface area contributed by atoms with E-state index in [1.54, 1.807) is 36.4 Å². The molecule has 4 aromatic carbocycles. The third kappa shape index (κ3) is 4.96. The number of rotatable bonds is 7. The zero-order valence-electron chi connectivity index (χ0n) is 20.5. The fourth-order valence-electron chi connectivity index (χ4n) is 4.21. The van der Waals surface area contributed by atoms with Gasteiger partial charge < -0.3 is 4.74 Å². The molecule has 0 bridgehead atoms. The Morgan fingerprint density at radius 3 is 2.27 bits per heavy atom. The van der Waals surface area contributed by atoms with Gasteiger partial charge in [-0.05, 0) is 46.7 Å². The van der Waals surface area contributed by atoms with Gasteiger partial charge in [0.1, 0.15) is 17.9 Å². The topological polar surface area (TPSA) is 162 Å². The normalized spacial score (nSPS) is 14.3. The quantitative estimate of drug-likeness (QED) is 0.150. The summed E-state index contributed by atoms with van der Waals surface area (Å²) in [6.07, 6.45) is 1.31. The minimum atomic E-state index is -1.04. The first-order valence-corrected chi connectivity index (χ1v) is 11.8. The summed E-state index contributed by atoms with van der Waals surface area (Å²) < 4.78 is 6.01. The Kier molecular flexibility index (Phi) is 6.72. The number of fused-ring (bicyclic) bond motifs is 1. The van der Waals surface area contributed by atoms with E-state index in [1.807, 2.05) is 12.1 Å². The molecule has 1 aliphatic heterocycles. The maximum absolute atomic E-state index is 13.5. The lowest BCUT2D eigenvalue weighted by molar-refractivity contribution is -0.385. The first kappa shape index (κ1) is 25.7. The molecular formula is C28H18N4O8. The van der Waals surface area contributed by atoms with Crippen LogP contribution in [0.15, 0.2) is 90.5 Å². The summed E-state index contributed by atoms with van der Waals surface area (Å²) in [7, 11) is 0. The van der Waals surface area contributed by atoms with Crippen LogP contribution in [0.25, 0.3) is 16.8 Å². The predicted octanol–water partition coefficient (Wildman–Crippen LogP) is 4.90. The molecule has 198 valence electrons. The minimum Gasteiger partial charge on any atom is -0.488 e. The van der Waals surface area contributed by atoms with Crippen LogP contribution in [0.3, 0.4) is 0 Å². The Morgan fingerprint density at radius 1 is 0.825 bits per heavy atom. The van der Waals surface area contributed by atoms with Crippen LogP contribution in [0, 0.1) is 20.2 Å². The van der Waals surface area contributed by atoms with Gasteiger partial charge in [-0.1, -0.05) is 36.4 Å². The molecule has 1 saturated heterocycles. The van der Waals surface area contributed by atoms with Crippen LogP contribution in [0.2, 0.25) is 0 Å². The average molecular weight is 538 g/mol. The number of imide groups is 2. The van der Waals surface area contributed by atoms with Crippen molar-refractivity contribution in [1.82, 2.24) is 5.32 Å². The van der Waals surface area contributed by atoms with Crippen molar-refractivity contribution >= 4 is 51.8 Å². The molecule has 1 N–H and O–H groups in total. The van der Waals surface area contributed by atoms with Crippen molar-refractivity contribution in [3.8, 4) is 5.75 Å². The molecule has 0 radical (unpaired) electrons. The number of carbonyl (C=O) groups excluding carboxylic acids is 3. The number of nitro benzene ring substituents is 2. The molecule has 4 amide bonds. The number of carbonyl (C=O) groups is 3. The molecular weight excluding hydrogens is 520 g/mol. The number of benzene rings is 4. The Morgan fingerprint density at radius 2 is 1.55 bits per heavy atom. The summed E-state index contributed by atoms with van der Waals surface area (Å²) in [5, 5.41) is 25.7. The van der Waals surface area contributed by atoms with Gasteiger partial charge in [0.15, 0.2) is 0 Å². The summed E-state index contributed by atoms with van der Waals surface area (Å²) in [5.41, 5.74) is 0.157. The van der Waals surface area contributed by atoms with Crippen molar-refractivity contribution in [1.29, 1.82) is 0 Å². The van der Waals surface area contributed by atoms with Crippen molar-refractivity contribution in [2.45, 2.75) is 6.61 Å². The van der Waals surface area contributed by atoms with Gasteiger partial charge in [-0.15, -0.1) is 0 Å². The van der Waals surface area contributed by atoms with Crippen LogP contribution in [0.4, 0.5) is 21.9 Å². The van der Waals surface area contributed by atoms with Gasteiger partial charge in [0.2, 0.25) is 0 Å². The Labute approximate surface area is 225 Å². The summed E-state index contributed by atoms with van der Waals surface area (Å²) in [4.78, 5) is 60.5. The number of hydrogen-bond acceptors (Lipinski definition) is 8. The number of nitrogens with one attached hydrogen (secondary N) is 1. The lowest BCUT2D eigenvalue weighted by Crippen LogP contribution is -2.54. The lowest BCUT2D eigenvalue weighted by Gasteiger charge is -2.26. The standard InChI is InChI=1S/C28H18N4O8/c33-26-24(27(34)30(28(35)29-26)20-5-3-6-21(14-20)32(38)39)15-23-22-7-2-1-4-18(22)10-13-25(23)40-16-17-8-11-19(12-9-17)31(36)37/h1-15H,16H2,(H,29,33,35)/b24-15+. The second kappa shape index (κ2) is 10.5. The highest BCUT2D eigenvalue weighted by molar-refractivity contribution is 6.39. The largest absolute Gasteiger partial charge is 0.488 e. The van der Waals surface area contributed by atoms with Gasteiger partial charge in [0, 0.05) is 29.8 Å².